The predicted molar refractivity (Wildman–Crippen MR) is 108 cm³/mol. The number of hydrogen-bond donors (Lipinski definition) is 0. The third-order valence-electron chi connectivity index (χ3n) is 4.46. The van der Waals surface area contributed by atoms with Gasteiger partial charge in [-0.3, -0.25) is 4.79 Å². The van der Waals surface area contributed by atoms with Crippen LogP contribution in [0.25, 0.3) is 16.3 Å². The van der Waals surface area contributed by atoms with E-state index in [1.165, 1.54) is 0 Å². The van der Waals surface area contributed by atoms with Gasteiger partial charge in [0.2, 0.25) is 0 Å². The van der Waals surface area contributed by atoms with Gasteiger partial charge in [0.05, 0.1) is 22.8 Å². The summed E-state index contributed by atoms with van der Waals surface area (Å²) < 4.78 is 7.45. The minimum absolute atomic E-state index is 0.0111. The van der Waals surface area contributed by atoms with Crippen molar-refractivity contribution >= 4 is 28.8 Å². The van der Waals surface area contributed by atoms with Gasteiger partial charge in [0.1, 0.15) is 11.4 Å². The normalized spacial score (nSPS) is 20.0. The summed E-state index contributed by atoms with van der Waals surface area (Å²) in [6.07, 6.45) is 0.0222. The molecule has 1 aliphatic rings. The zero-order chi connectivity index (χ0) is 19.0. The summed E-state index contributed by atoms with van der Waals surface area (Å²) in [6, 6.07) is 13.2. The van der Waals surface area contributed by atoms with Crippen LogP contribution in [0.15, 0.2) is 47.8 Å². The lowest BCUT2D eigenvalue weighted by atomic mass is 10.2. The molecule has 5 nitrogen and oxygen atoms in total. The van der Waals surface area contributed by atoms with Gasteiger partial charge in [-0.2, -0.15) is 5.10 Å². The highest BCUT2D eigenvalue weighted by atomic mass is 35.5. The molecule has 140 valence electrons. The van der Waals surface area contributed by atoms with E-state index in [1.54, 1.807) is 16.0 Å². The van der Waals surface area contributed by atoms with Crippen molar-refractivity contribution < 1.29 is 9.53 Å². The van der Waals surface area contributed by atoms with E-state index >= 15 is 0 Å². The lowest BCUT2D eigenvalue weighted by molar-refractivity contribution is -0.0588. The summed E-state index contributed by atoms with van der Waals surface area (Å²) in [5, 5.41) is 7.31. The molecule has 1 saturated heterocycles. The van der Waals surface area contributed by atoms with Crippen LogP contribution in [0.2, 0.25) is 5.02 Å². The average molecular weight is 402 g/mol. The van der Waals surface area contributed by atoms with Crippen molar-refractivity contribution in [2.75, 3.05) is 13.1 Å². The Morgan fingerprint density at radius 2 is 1.96 bits per heavy atom. The molecule has 0 spiro atoms. The zero-order valence-corrected chi connectivity index (χ0v) is 16.7. The Bertz CT molecular complexity index is 944. The number of nitrogens with zero attached hydrogens (tertiary/aromatic N) is 3. The van der Waals surface area contributed by atoms with E-state index in [4.69, 9.17) is 21.4 Å². The Morgan fingerprint density at radius 1 is 1.19 bits per heavy atom. The van der Waals surface area contributed by atoms with Gasteiger partial charge in [0.25, 0.3) is 5.91 Å². The van der Waals surface area contributed by atoms with Crippen LogP contribution in [0.3, 0.4) is 0 Å². The summed E-state index contributed by atoms with van der Waals surface area (Å²) >= 11 is 7.77. The van der Waals surface area contributed by atoms with Gasteiger partial charge < -0.3 is 9.64 Å². The fraction of sp³-hybridized carbons (Fsp3) is 0.300. The second kappa shape index (κ2) is 7.46. The molecule has 0 unspecified atom stereocenters. The van der Waals surface area contributed by atoms with Gasteiger partial charge in [0.15, 0.2) is 0 Å². The molecule has 27 heavy (non-hydrogen) atoms. The molecule has 4 rings (SSSR count). The number of amides is 1. The number of hydrogen-bond acceptors (Lipinski definition) is 4. The second-order valence-corrected chi connectivity index (χ2v) is 8.14. The van der Waals surface area contributed by atoms with E-state index in [2.05, 4.69) is 0 Å². The molecule has 2 aromatic heterocycles. The van der Waals surface area contributed by atoms with Gasteiger partial charge in [-0.1, -0.05) is 23.7 Å². The Morgan fingerprint density at radius 3 is 2.63 bits per heavy atom. The first-order valence-corrected chi connectivity index (χ1v) is 10.1. The van der Waals surface area contributed by atoms with Gasteiger partial charge in [-0.15, -0.1) is 11.3 Å². The number of ether oxygens (including phenoxy) is 1. The Hall–Kier alpha value is -2.15. The Kier molecular flexibility index (Phi) is 5.04. The largest absolute Gasteiger partial charge is 0.372 e. The van der Waals surface area contributed by atoms with E-state index in [0.29, 0.717) is 23.8 Å². The van der Waals surface area contributed by atoms with Crippen LogP contribution >= 0.6 is 22.9 Å². The van der Waals surface area contributed by atoms with Gasteiger partial charge in [-0.25, -0.2) is 4.68 Å². The fourth-order valence-corrected chi connectivity index (χ4v) is 4.25. The smallest absolute Gasteiger partial charge is 0.272 e. The monoisotopic (exact) mass is 401 g/mol. The molecule has 0 saturated carbocycles. The third kappa shape index (κ3) is 3.78. The lowest BCUT2D eigenvalue weighted by Gasteiger charge is -2.35. The number of halogens is 1. The van der Waals surface area contributed by atoms with Crippen LogP contribution in [0.4, 0.5) is 0 Å². The molecule has 3 aromatic rings. The van der Waals surface area contributed by atoms with E-state index in [0.717, 1.165) is 16.3 Å². The van der Waals surface area contributed by atoms with Crippen molar-refractivity contribution in [3.05, 3.63) is 58.6 Å². The third-order valence-corrected chi connectivity index (χ3v) is 5.59. The number of rotatable bonds is 3. The van der Waals surface area contributed by atoms with E-state index < -0.39 is 0 Å². The van der Waals surface area contributed by atoms with Crippen LogP contribution in [0, 0.1) is 0 Å². The fourth-order valence-electron chi connectivity index (χ4n) is 3.39. The quantitative estimate of drug-likeness (QED) is 0.649. The molecule has 7 heteroatoms. The van der Waals surface area contributed by atoms with Gasteiger partial charge in [-0.05, 0) is 49.6 Å². The first-order valence-electron chi connectivity index (χ1n) is 8.86. The average Bonchev–Trinajstić information content (AvgIpc) is 3.30. The molecule has 1 fully saturated rings. The molecule has 0 radical (unpaired) electrons. The highest BCUT2D eigenvalue weighted by Crippen LogP contribution is 2.27. The van der Waals surface area contributed by atoms with Crippen molar-refractivity contribution in [2.24, 2.45) is 0 Å². The van der Waals surface area contributed by atoms with Crippen LogP contribution in [0.5, 0.6) is 0 Å². The number of carbonyl (C=O) groups excluding carboxylic acids is 1. The number of morpholine rings is 1. The summed E-state index contributed by atoms with van der Waals surface area (Å²) in [6.45, 7) is 5.11. The second-order valence-electron chi connectivity index (χ2n) is 6.75. The summed E-state index contributed by atoms with van der Waals surface area (Å²) in [5.74, 6) is -0.0488. The van der Waals surface area contributed by atoms with Crippen LogP contribution in [-0.4, -0.2) is 45.9 Å². The topological polar surface area (TPSA) is 47.4 Å². The molecule has 0 bridgehead atoms. The molecule has 3 heterocycles. The number of thiophene rings is 1. The van der Waals surface area contributed by atoms with Crippen LogP contribution in [-0.2, 0) is 4.74 Å². The Labute approximate surface area is 167 Å². The van der Waals surface area contributed by atoms with Crippen molar-refractivity contribution in [1.82, 2.24) is 14.7 Å². The highest BCUT2D eigenvalue weighted by molar-refractivity contribution is 7.13. The summed E-state index contributed by atoms with van der Waals surface area (Å²) in [4.78, 5) is 16.2. The van der Waals surface area contributed by atoms with Crippen LogP contribution in [0.1, 0.15) is 24.3 Å². The minimum Gasteiger partial charge on any atom is -0.372 e. The summed E-state index contributed by atoms with van der Waals surface area (Å²) in [5.41, 5.74) is 2.08. The Balaban J connectivity index is 1.77. The molecule has 1 aliphatic heterocycles. The van der Waals surface area contributed by atoms with E-state index in [1.807, 2.05) is 66.6 Å². The first-order chi connectivity index (χ1) is 13.0. The lowest BCUT2D eigenvalue weighted by Crippen LogP contribution is -2.48. The van der Waals surface area contributed by atoms with Gasteiger partial charge >= 0.3 is 0 Å². The highest BCUT2D eigenvalue weighted by Gasteiger charge is 2.29. The van der Waals surface area contributed by atoms with Crippen molar-refractivity contribution in [1.29, 1.82) is 0 Å². The maximum absolute atomic E-state index is 13.3. The SMILES string of the molecule is C[C@H]1CN(C(=O)c2cc(-c3cccs3)nn2-c2cccc(Cl)c2)C[C@H](C)O1. The number of aromatic nitrogens is 2. The molecular formula is C20H20ClN3O2S. The van der Waals surface area contributed by atoms with E-state index in [-0.39, 0.29) is 18.1 Å². The number of benzene rings is 1. The summed E-state index contributed by atoms with van der Waals surface area (Å²) in [7, 11) is 0. The number of carbonyl (C=O) groups is 1. The minimum atomic E-state index is -0.0488. The first kappa shape index (κ1) is 18.2. The van der Waals surface area contributed by atoms with E-state index in [9.17, 15) is 4.79 Å². The van der Waals surface area contributed by atoms with Crippen molar-refractivity contribution in [3.8, 4) is 16.3 Å². The van der Waals surface area contributed by atoms with Crippen molar-refractivity contribution in [2.45, 2.75) is 26.1 Å². The van der Waals surface area contributed by atoms with Crippen molar-refractivity contribution in [3.63, 3.8) is 0 Å². The molecule has 1 amide bonds. The maximum Gasteiger partial charge on any atom is 0.272 e. The predicted octanol–water partition coefficient (Wildman–Crippen LogP) is 4.50. The van der Waals surface area contributed by atoms with Gasteiger partial charge in [0, 0.05) is 18.1 Å². The molecule has 1 aromatic carbocycles. The standard InChI is InChI=1S/C20H20ClN3O2S/c1-13-11-23(12-14(2)26-13)20(25)18-10-17(19-7-4-8-27-19)22-24(18)16-6-3-5-15(21)9-16/h3-10,13-14H,11-12H2,1-2H3/t13-,14-/m0/s1. The molecule has 0 N–H and O–H groups in total. The zero-order valence-electron chi connectivity index (χ0n) is 15.1. The molecule has 0 aliphatic carbocycles. The molecule has 2 atom stereocenters. The maximum atomic E-state index is 13.3. The molecular weight excluding hydrogens is 382 g/mol. The van der Waals surface area contributed by atoms with Crippen LogP contribution < -0.4 is 0 Å².